The fourth-order valence-corrected chi connectivity index (χ4v) is 5.24. The maximum absolute atomic E-state index is 13.6. The molecule has 2 fully saturated rings. The van der Waals surface area contributed by atoms with Crippen molar-refractivity contribution in [3.8, 4) is 0 Å². The van der Waals surface area contributed by atoms with E-state index in [1.165, 1.54) is 5.56 Å². The maximum atomic E-state index is 13.6. The van der Waals surface area contributed by atoms with Gasteiger partial charge < -0.3 is 5.32 Å². The zero-order valence-corrected chi connectivity index (χ0v) is 19.8. The quantitative estimate of drug-likeness (QED) is 0.601. The van der Waals surface area contributed by atoms with Crippen molar-refractivity contribution in [3.05, 3.63) is 59.2 Å². The molecule has 6 nitrogen and oxygen atoms in total. The van der Waals surface area contributed by atoms with Gasteiger partial charge in [0.1, 0.15) is 12.1 Å². The summed E-state index contributed by atoms with van der Waals surface area (Å²) in [5.74, 6) is -0.595. The van der Waals surface area contributed by atoms with Gasteiger partial charge in [0.05, 0.1) is 0 Å². The van der Waals surface area contributed by atoms with E-state index < -0.39 is 11.6 Å². The highest BCUT2D eigenvalue weighted by Crippen LogP contribution is 2.44. The van der Waals surface area contributed by atoms with Gasteiger partial charge in [-0.05, 0) is 60.9 Å². The van der Waals surface area contributed by atoms with Crippen LogP contribution in [0.25, 0.3) is 0 Å². The van der Waals surface area contributed by atoms with Gasteiger partial charge in [-0.3, -0.25) is 19.4 Å². The molecule has 1 spiro atoms. The number of urea groups is 1. The van der Waals surface area contributed by atoms with Gasteiger partial charge in [-0.1, -0.05) is 63.9 Å². The summed E-state index contributed by atoms with van der Waals surface area (Å²) in [6.45, 7) is 5.90. The Labute approximate surface area is 196 Å². The molecular weight excluding hydrogens is 414 g/mol. The molecule has 0 aromatic heterocycles. The van der Waals surface area contributed by atoms with Crippen molar-refractivity contribution in [2.75, 3.05) is 16.8 Å². The van der Waals surface area contributed by atoms with Crippen LogP contribution >= 0.6 is 0 Å². The van der Waals surface area contributed by atoms with E-state index in [-0.39, 0.29) is 18.4 Å². The fraction of sp³-hybridized carbons (Fsp3) is 0.444. The number of imide groups is 1. The Hall–Kier alpha value is -3.15. The van der Waals surface area contributed by atoms with Gasteiger partial charge in [0.15, 0.2) is 0 Å². The van der Waals surface area contributed by atoms with E-state index in [1.54, 1.807) is 4.90 Å². The Morgan fingerprint density at radius 3 is 2.06 bits per heavy atom. The number of amides is 4. The normalized spacial score (nSPS) is 17.3. The Bertz CT molecular complexity index is 1030. The lowest BCUT2D eigenvalue weighted by Gasteiger charge is -2.31. The highest BCUT2D eigenvalue weighted by molar-refractivity contribution is 6.18. The molecule has 2 aliphatic rings. The molecule has 2 aromatic rings. The highest BCUT2D eigenvalue weighted by Gasteiger charge is 2.59. The van der Waals surface area contributed by atoms with Gasteiger partial charge in [0, 0.05) is 11.4 Å². The number of rotatable bonds is 7. The molecule has 174 valence electrons. The van der Waals surface area contributed by atoms with Gasteiger partial charge in [-0.15, -0.1) is 0 Å². The van der Waals surface area contributed by atoms with Crippen molar-refractivity contribution >= 4 is 29.2 Å². The second-order valence-corrected chi connectivity index (χ2v) is 8.97. The van der Waals surface area contributed by atoms with Crippen LogP contribution in [0.2, 0.25) is 0 Å². The lowest BCUT2D eigenvalue weighted by molar-refractivity contribution is -0.133. The Kier molecular flexibility index (Phi) is 6.54. The number of hydrogen-bond acceptors (Lipinski definition) is 3. The Balaban J connectivity index is 1.60. The monoisotopic (exact) mass is 447 g/mol. The Morgan fingerprint density at radius 1 is 0.909 bits per heavy atom. The van der Waals surface area contributed by atoms with E-state index in [0.717, 1.165) is 59.5 Å². The molecule has 1 aliphatic carbocycles. The van der Waals surface area contributed by atoms with Gasteiger partial charge >= 0.3 is 6.03 Å². The molecule has 0 bridgehead atoms. The zero-order valence-electron chi connectivity index (χ0n) is 19.8. The van der Waals surface area contributed by atoms with Crippen molar-refractivity contribution < 1.29 is 14.4 Å². The van der Waals surface area contributed by atoms with E-state index in [2.05, 4.69) is 12.2 Å². The summed E-state index contributed by atoms with van der Waals surface area (Å²) in [7, 11) is 0. The highest BCUT2D eigenvalue weighted by atomic mass is 16.2. The van der Waals surface area contributed by atoms with Crippen LogP contribution in [0.3, 0.4) is 0 Å². The number of carbonyl (C=O) groups is 3. The third-order valence-corrected chi connectivity index (χ3v) is 7.09. The standard InChI is InChI=1S/C27H33N3O3/c1-4-19-12-14-22(15-13-19)30-26(33)29(25(32)27(30)16-7-8-17-27)18-23(31)28-24-20(5-2)10-9-11-21(24)6-3/h9-15H,4-8,16-18H2,1-3H3,(H,28,31). The van der Waals surface area contributed by atoms with E-state index in [4.69, 9.17) is 0 Å². The number of nitrogens with zero attached hydrogens (tertiary/aromatic N) is 2. The molecule has 0 atom stereocenters. The molecule has 1 N–H and O–H groups in total. The van der Waals surface area contributed by atoms with Gasteiger partial charge in [0.25, 0.3) is 5.91 Å². The first-order valence-corrected chi connectivity index (χ1v) is 12.1. The molecule has 4 amide bonds. The maximum Gasteiger partial charge on any atom is 0.332 e. The first kappa shape index (κ1) is 23.0. The summed E-state index contributed by atoms with van der Waals surface area (Å²) in [6.07, 6.45) is 5.53. The molecule has 6 heteroatoms. The number of anilines is 2. The van der Waals surface area contributed by atoms with Crippen LogP contribution in [0.5, 0.6) is 0 Å². The predicted molar refractivity (Wildman–Crippen MR) is 130 cm³/mol. The topological polar surface area (TPSA) is 69.7 Å². The molecular formula is C27H33N3O3. The van der Waals surface area contributed by atoms with E-state index in [1.807, 2.05) is 56.3 Å². The molecule has 1 saturated carbocycles. The second kappa shape index (κ2) is 9.38. The minimum Gasteiger partial charge on any atom is -0.324 e. The minimum atomic E-state index is -0.874. The van der Waals surface area contributed by atoms with Crippen LogP contribution in [0.4, 0.5) is 16.2 Å². The number of hydrogen-bond donors (Lipinski definition) is 1. The zero-order chi connectivity index (χ0) is 23.6. The molecule has 0 unspecified atom stereocenters. The van der Waals surface area contributed by atoms with E-state index >= 15 is 0 Å². The molecule has 1 saturated heterocycles. The lowest BCUT2D eigenvalue weighted by Crippen LogP contribution is -2.47. The summed E-state index contributed by atoms with van der Waals surface area (Å²) in [5, 5.41) is 2.99. The summed E-state index contributed by atoms with van der Waals surface area (Å²) in [4.78, 5) is 42.9. The van der Waals surface area contributed by atoms with E-state index in [9.17, 15) is 14.4 Å². The van der Waals surface area contributed by atoms with Crippen molar-refractivity contribution in [2.45, 2.75) is 71.3 Å². The summed E-state index contributed by atoms with van der Waals surface area (Å²) in [5.41, 5.74) is 3.92. The average molecular weight is 448 g/mol. The number of nitrogens with one attached hydrogen (secondary N) is 1. The molecule has 1 heterocycles. The summed E-state index contributed by atoms with van der Waals surface area (Å²) < 4.78 is 0. The van der Waals surface area contributed by atoms with Crippen LogP contribution < -0.4 is 10.2 Å². The smallest absolute Gasteiger partial charge is 0.324 e. The summed E-state index contributed by atoms with van der Waals surface area (Å²) in [6, 6.07) is 13.4. The van der Waals surface area contributed by atoms with Crippen LogP contribution in [-0.2, 0) is 28.9 Å². The fourth-order valence-electron chi connectivity index (χ4n) is 5.24. The number of carbonyl (C=O) groups excluding carboxylic acids is 3. The van der Waals surface area contributed by atoms with Gasteiger partial charge in [-0.25, -0.2) is 4.79 Å². The van der Waals surface area contributed by atoms with Crippen LogP contribution in [0.1, 0.15) is 63.1 Å². The lowest BCUT2D eigenvalue weighted by atomic mass is 9.95. The first-order valence-electron chi connectivity index (χ1n) is 12.1. The van der Waals surface area contributed by atoms with E-state index in [0.29, 0.717) is 12.8 Å². The SMILES string of the molecule is CCc1ccc(N2C(=O)N(CC(=O)Nc3c(CC)cccc3CC)C(=O)C23CCCC3)cc1. The average Bonchev–Trinajstić information content (AvgIpc) is 3.39. The number of aryl methyl sites for hydroxylation is 3. The van der Waals surface area contributed by atoms with Crippen molar-refractivity contribution in [3.63, 3.8) is 0 Å². The number of para-hydroxylation sites is 1. The van der Waals surface area contributed by atoms with Gasteiger partial charge in [-0.2, -0.15) is 0 Å². The minimum absolute atomic E-state index is 0.251. The predicted octanol–water partition coefficient (Wildman–Crippen LogP) is 5.09. The van der Waals surface area contributed by atoms with Crippen LogP contribution in [0.15, 0.2) is 42.5 Å². The molecule has 4 rings (SSSR count). The van der Waals surface area contributed by atoms with Crippen LogP contribution in [-0.4, -0.2) is 34.8 Å². The molecule has 1 aliphatic heterocycles. The van der Waals surface area contributed by atoms with Crippen molar-refractivity contribution in [1.82, 2.24) is 4.90 Å². The molecule has 0 radical (unpaired) electrons. The third kappa shape index (κ3) is 4.03. The Morgan fingerprint density at radius 2 is 1.52 bits per heavy atom. The largest absolute Gasteiger partial charge is 0.332 e. The third-order valence-electron chi connectivity index (χ3n) is 7.09. The van der Waals surface area contributed by atoms with Crippen LogP contribution in [0, 0.1) is 0 Å². The van der Waals surface area contributed by atoms with Crippen molar-refractivity contribution in [1.29, 1.82) is 0 Å². The van der Waals surface area contributed by atoms with Gasteiger partial charge in [0.2, 0.25) is 5.91 Å². The summed E-state index contributed by atoms with van der Waals surface area (Å²) >= 11 is 0. The second-order valence-electron chi connectivity index (χ2n) is 8.97. The molecule has 2 aromatic carbocycles. The van der Waals surface area contributed by atoms with Crippen molar-refractivity contribution in [2.24, 2.45) is 0 Å². The number of benzene rings is 2. The first-order chi connectivity index (χ1) is 15.9. The molecule has 33 heavy (non-hydrogen) atoms.